The Morgan fingerprint density at radius 3 is 2.70 bits per heavy atom. The summed E-state index contributed by atoms with van der Waals surface area (Å²) in [7, 11) is 0. The van der Waals surface area contributed by atoms with Crippen LogP contribution in [0.4, 0.5) is 15.9 Å². The highest BCUT2D eigenvalue weighted by atomic mass is 19.1. The monoisotopic (exact) mass is 278 g/mol. The van der Waals surface area contributed by atoms with Crippen molar-refractivity contribution in [3.05, 3.63) is 51.0 Å². The second-order valence-electron chi connectivity index (χ2n) is 4.20. The van der Waals surface area contributed by atoms with Gasteiger partial charge in [0.25, 0.3) is 5.91 Å². The van der Waals surface area contributed by atoms with Crippen molar-refractivity contribution < 1.29 is 14.1 Å². The van der Waals surface area contributed by atoms with E-state index in [1.165, 1.54) is 6.07 Å². The van der Waals surface area contributed by atoms with Crippen LogP contribution in [0.15, 0.2) is 18.2 Å². The van der Waals surface area contributed by atoms with Crippen molar-refractivity contribution in [2.24, 2.45) is 0 Å². The molecule has 104 valence electrons. The highest BCUT2D eigenvalue weighted by Gasteiger charge is 2.18. The van der Waals surface area contributed by atoms with E-state index in [2.05, 4.69) is 15.5 Å². The molecule has 0 saturated carbocycles. The maximum absolute atomic E-state index is 13.2. The van der Waals surface area contributed by atoms with E-state index in [-0.39, 0.29) is 5.56 Å². The number of benzene rings is 1. The first-order valence-corrected chi connectivity index (χ1v) is 5.67. The van der Waals surface area contributed by atoms with Gasteiger partial charge in [0.05, 0.1) is 4.92 Å². The number of hydrogen-bond acceptors (Lipinski definition) is 4. The van der Waals surface area contributed by atoms with Crippen LogP contribution in [0.1, 0.15) is 21.6 Å². The number of nitro groups is 1. The molecule has 2 N–H and O–H groups in total. The Morgan fingerprint density at radius 1 is 1.45 bits per heavy atom. The second kappa shape index (κ2) is 5.08. The quantitative estimate of drug-likeness (QED) is 0.664. The van der Waals surface area contributed by atoms with Gasteiger partial charge in [0.1, 0.15) is 0 Å². The molecule has 7 nitrogen and oxygen atoms in total. The molecule has 0 aliphatic carbocycles. The standard InChI is InChI=1S/C12H11FN4O3/c1-6-7(2)15-16-11(6)14-12(18)8-3-4-9(13)10(5-8)17(19)20/h3-5H,1-2H3,(H2,14,15,16,18). The average Bonchev–Trinajstić information content (AvgIpc) is 2.71. The number of rotatable bonds is 3. The molecule has 1 aromatic carbocycles. The highest BCUT2D eigenvalue weighted by molar-refractivity contribution is 6.04. The number of nitro benzene ring substituents is 1. The van der Waals surface area contributed by atoms with Crippen LogP contribution in [-0.4, -0.2) is 21.0 Å². The third-order valence-electron chi connectivity index (χ3n) is 2.89. The predicted molar refractivity (Wildman–Crippen MR) is 69.1 cm³/mol. The number of anilines is 1. The zero-order chi connectivity index (χ0) is 14.9. The zero-order valence-electron chi connectivity index (χ0n) is 10.7. The van der Waals surface area contributed by atoms with Gasteiger partial charge >= 0.3 is 5.69 Å². The van der Waals surface area contributed by atoms with Crippen LogP contribution in [-0.2, 0) is 0 Å². The third-order valence-corrected chi connectivity index (χ3v) is 2.89. The number of carbonyl (C=O) groups excluding carboxylic acids is 1. The summed E-state index contributed by atoms with van der Waals surface area (Å²) in [6.45, 7) is 3.56. The van der Waals surface area contributed by atoms with E-state index in [1.807, 2.05) is 0 Å². The summed E-state index contributed by atoms with van der Waals surface area (Å²) in [5.41, 5.74) is 0.797. The van der Waals surface area contributed by atoms with Crippen molar-refractivity contribution in [3.63, 3.8) is 0 Å². The lowest BCUT2D eigenvalue weighted by molar-refractivity contribution is -0.387. The van der Waals surface area contributed by atoms with Gasteiger partial charge in [0.15, 0.2) is 5.82 Å². The van der Waals surface area contributed by atoms with Crippen LogP contribution in [0.25, 0.3) is 0 Å². The average molecular weight is 278 g/mol. The number of aromatic nitrogens is 2. The number of amides is 1. The summed E-state index contributed by atoms with van der Waals surface area (Å²) in [5, 5.41) is 19.7. The SMILES string of the molecule is Cc1[nH]nc(NC(=O)c2ccc(F)c([N+](=O)[O-])c2)c1C. The van der Waals surface area contributed by atoms with Crippen LogP contribution < -0.4 is 5.32 Å². The van der Waals surface area contributed by atoms with Gasteiger partial charge in [-0.2, -0.15) is 9.49 Å². The first kappa shape index (κ1) is 13.7. The lowest BCUT2D eigenvalue weighted by Crippen LogP contribution is -2.13. The highest BCUT2D eigenvalue weighted by Crippen LogP contribution is 2.20. The van der Waals surface area contributed by atoms with Gasteiger partial charge < -0.3 is 5.32 Å². The molecule has 0 fully saturated rings. The largest absolute Gasteiger partial charge is 0.305 e. The Bertz CT molecular complexity index is 696. The van der Waals surface area contributed by atoms with E-state index in [0.717, 1.165) is 23.4 Å². The Hall–Kier alpha value is -2.77. The summed E-state index contributed by atoms with van der Waals surface area (Å²) >= 11 is 0. The minimum Gasteiger partial charge on any atom is -0.305 e. The lowest BCUT2D eigenvalue weighted by Gasteiger charge is -2.03. The number of H-pyrrole nitrogens is 1. The number of aryl methyl sites for hydroxylation is 1. The van der Waals surface area contributed by atoms with Crippen molar-refractivity contribution in [1.82, 2.24) is 10.2 Å². The van der Waals surface area contributed by atoms with E-state index in [1.54, 1.807) is 13.8 Å². The van der Waals surface area contributed by atoms with Gasteiger partial charge in [0.2, 0.25) is 5.82 Å². The summed E-state index contributed by atoms with van der Waals surface area (Å²) in [6.07, 6.45) is 0. The number of carbonyl (C=O) groups is 1. The molecule has 0 aliphatic heterocycles. The van der Waals surface area contributed by atoms with Gasteiger partial charge in [-0.3, -0.25) is 20.0 Å². The van der Waals surface area contributed by atoms with Gasteiger partial charge in [-0.15, -0.1) is 0 Å². The molecule has 2 aromatic rings. The van der Waals surface area contributed by atoms with Crippen LogP contribution in [0.3, 0.4) is 0 Å². The van der Waals surface area contributed by atoms with E-state index >= 15 is 0 Å². The Morgan fingerprint density at radius 2 is 2.15 bits per heavy atom. The van der Waals surface area contributed by atoms with Crippen LogP contribution >= 0.6 is 0 Å². The van der Waals surface area contributed by atoms with E-state index in [0.29, 0.717) is 5.82 Å². The molecule has 0 saturated heterocycles. The van der Waals surface area contributed by atoms with E-state index in [9.17, 15) is 19.3 Å². The maximum atomic E-state index is 13.2. The van der Waals surface area contributed by atoms with Crippen molar-refractivity contribution >= 4 is 17.4 Å². The number of halogens is 1. The summed E-state index contributed by atoms with van der Waals surface area (Å²) < 4.78 is 13.2. The lowest BCUT2D eigenvalue weighted by atomic mass is 10.1. The minimum atomic E-state index is -0.988. The number of aromatic amines is 1. The summed E-state index contributed by atoms with van der Waals surface area (Å²) in [4.78, 5) is 21.7. The fourth-order valence-electron chi connectivity index (χ4n) is 1.58. The molecule has 0 aliphatic rings. The molecule has 8 heteroatoms. The molecule has 20 heavy (non-hydrogen) atoms. The van der Waals surface area contributed by atoms with Gasteiger partial charge in [-0.25, -0.2) is 0 Å². The van der Waals surface area contributed by atoms with Gasteiger partial charge in [-0.1, -0.05) is 0 Å². The summed E-state index contributed by atoms with van der Waals surface area (Å²) in [5.74, 6) is -1.25. The van der Waals surface area contributed by atoms with Crippen LogP contribution in [0, 0.1) is 29.8 Å². The first-order valence-electron chi connectivity index (χ1n) is 5.67. The molecular formula is C12H11FN4O3. The van der Waals surface area contributed by atoms with Gasteiger partial charge in [-0.05, 0) is 26.0 Å². The minimum absolute atomic E-state index is 0.0156. The number of nitrogens with zero attached hydrogens (tertiary/aromatic N) is 2. The Balaban J connectivity index is 2.28. The van der Waals surface area contributed by atoms with Crippen molar-refractivity contribution in [1.29, 1.82) is 0 Å². The molecule has 1 amide bonds. The number of nitrogens with one attached hydrogen (secondary N) is 2. The van der Waals surface area contributed by atoms with Crippen LogP contribution in [0.5, 0.6) is 0 Å². The molecule has 0 bridgehead atoms. The predicted octanol–water partition coefficient (Wildman–Crippen LogP) is 2.33. The smallest absolute Gasteiger partial charge is 0.305 e. The fourth-order valence-corrected chi connectivity index (χ4v) is 1.58. The molecule has 2 rings (SSSR count). The summed E-state index contributed by atoms with van der Waals surface area (Å²) in [6, 6.07) is 2.95. The molecule has 0 atom stereocenters. The van der Waals surface area contributed by atoms with Crippen molar-refractivity contribution in [2.45, 2.75) is 13.8 Å². The van der Waals surface area contributed by atoms with E-state index < -0.39 is 22.3 Å². The Labute approximate surface area is 113 Å². The number of hydrogen-bond donors (Lipinski definition) is 2. The van der Waals surface area contributed by atoms with Gasteiger partial charge in [0, 0.05) is 22.9 Å². The molecule has 1 aromatic heterocycles. The third kappa shape index (κ3) is 2.48. The fraction of sp³-hybridized carbons (Fsp3) is 0.167. The normalized spacial score (nSPS) is 10.3. The molecule has 0 spiro atoms. The van der Waals surface area contributed by atoms with Crippen molar-refractivity contribution in [3.8, 4) is 0 Å². The maximum Gasteiger partial charge on any atom is 0.305 e. The molecule has 0 unspecified atom stereocenters. The van der Waals surface area contributed by atoms with Crippen molar-refractivity contribution in [2.75, 3.05) is 5.32 Å². The second-order valence-corrected chi connectivity index (χ2v) is 4.20. The van der Waals surface area contributed by atoms with Crippen LogP contribution in [0.2, 0.25) is 0 Å². The topological polar surface area (TPSA) is 101 Å². The molecule has 1 heterocycles. The zero-order valence-corrected chi connectivity index (χ0v) is 10.7. The molecule has 0 radical (unpaired) electrons. The molecular weight excluding hydrogens is 267 g/mol. The Kier molecular flexibility index (Phi) is 3.47. The van der Waals surface area contributed by atoms with E-state index in [4.69, 9.17) is 0 Å². The first-order chi connectivity index (χ1) is 9.40.